The van der Waals surface area contributed by atoms with E-state index < -0.39 is 0 Å². The van der Waals surface area contributed by atoms with Gasteiger partial charge in [0.15, 0.2) is 0 Å². The number of hydrogen-bond acceptors (Lipinski definition) is 4. The molecule has 0 amide bonds. The van der Waals surface area contributed by atoms with Gasteiger partial charge in [0.05, 0.1) is 6.61 Å². The average Bonchev–Trinajstić information content (AvgIpc) is 2.83. The molecule has 1 unspecified atom stereocenters. The van der Waals surface area contributed by atoms with Gasteiger partial charge in [-0.1, -0.05) is 6.92 Å². The van der Waals surface area contributed by atoms with E-state index in [1.165, 1.54) is 19.3 Å². The zero-order chi connectivity index (χ0) is 15.6. The first kappa shape index (κ1) is 20.1. The van der Waals surface area contributed by atoms with Crippen molar-refractivity contribution in [2.75, 3.05) is 39.9 Å². The Balaban J connectivity index is 0.00000264. The lowest BCUT2D eigenvalue weighted by Crippen LogP contribution is -2.35. The van der Waals surface area contributed by atoms with Crippen LogP contribution in [0.3, 0.4) is 0 Å². The van der Waals surface area contributed by atoms with Crippen LogP contribution in [0, 0.1) is 0 Å². The molecule has 0 aliphatic carbocycles. The van der Waals surface area contributed by atoms with Gasteiger partial charge in [-0.3, -0.25) is 4.90 Å². The molecular weight excluding hydrogens is 312 g/mol. The summed E-state index contributed by atoms with van der Waals surface area (Å²) in [6, 6.07) is 8.61. The van der Waals surface area contributed by atoms with E-state index in [9.17, 15) is 0 Å². The third-order valence-electron chi connectivity index (χ3n) is 4.18. The Bertz CT molecular complexity index is 406. The molecule has 1 atom stereocenters. The van der Waals surface area contributed by atoms with Crippen LogP contribution < -0.4 is 14.8 Å². The number of likely N-dealkylation sites (N-methyl/N-ethyl adjacent to an activating group) is 1. The Kier molecular flexibility index (Phi) is 10.1. The highest BCUT2D eigenvalue weighted by atomic mass is 35.5. The second kappa shape index (κ2) is 11.5. The summed E-state index contributed by atoms with van der Waals surface area (Å²) in [5.74, 6) is 1.83. The fourth-order valence-corrected chi connectivity index (χ4v) is 2.78. The molecule has 0 radical (unpaired) electrons. The maximum Gasteiger partial charge on any atom is 0.119 e. The SMILES string of the molecule is CCCOc1ccc(OCCN(C)C2CCCNCC2)cc1.Cl. The number of nitrogens with zero attached hydrogens (tertiary/aromatic N) is 1. The van der Waals surface area contributed by atoms with Crippen molar-refractivity contribution in [3.63, 3.8) is 0 Å². The Labute approximate surface area is 146 Å². The van der Waals surface area contributed by atoms with Gasteiger partial charge in [-0.05, 0) is 70.1 Å². The first-order valence-corrected chi connectivity index (χ1v) is 8.56. The van der Waals surface area contributed by atoms with Gasteiger partial charge < -0.3 is 14.8 Å². The van der Waals surface area contributed by atoms with E-state index in [1.807, 2.05) is 24.3 Å². The molecule has 5 heteroatoms. The Morgan fingerprint density at radius 2 is 1.70 bits per heavy atom. The highest BCUT2D eigenvalue weighted by molar-refractivity contribution is 5.85. The molecule has 1 heterocycles. The number of nitrogens with one attached hydrogen (secondary N) is 1. The number of hydrogen-bond donors (Lipinski definition) is 1. The molecule has 1 aliphatic heterocycles. The summed E-state index contributed by atoms with van der Waals surface area (Å²) in [7, 11) is 2.21. The first-order valence-electron chi connectivity index (χ1n) is 8.56. The van der Waals surface area contributed by atoms with E-state index in [0.29, 0.717) is 6.04 Å². The molecule has 2 rings (SSSR count). The zero-order valence-corrected chi connectivity index (χ0v) is 15.2. The predicted molar refractivity (Wildman–Crippen MR) is 98.1 cm³/mol. The third-order valence-corrected chi connectivity index (χ3v) is 4.18. The fourth-order valence-electron chi connectivity index (χ4n) is 2.78. The number of ether oxygens (including phenoxy) is 2. The van der Waals surface area contributed by atoms with Crippen molar-refractivity contribution in [1.29, 1.82) is 0 Å². The highest BCUT2D eigenvalue weighted by Crippen LogP contribution is 2.18. The topological polar surface area (TPSA) is 33.7 Å². The van der Waals surface area contributed by atoms with Crippen molar-refractivity contribution >= 4 is 12.4 Å². The fraction of sp³-hybridized carbons (Fsp3) is 0.667. The van der Waals surface area contributed by atoms with E-state index in [4.69, 9.17) is 9.47 Å². The summed E-state index contributed by atoms with van der Waals surface area (Å²) in [6.07, 6.45) is 4.82. The van der Waals surface area contributed by atoms with Crippen molar-refractivity contribution < 1.29 is 9.47 Å². The van der Waals surface area contributed by atoms with Crippen LogP contribution in [0.5, 0.6) is 11.5 Å². The molecule has 1 aliphatic rings. The Morgan fingerprint density at radius 1 is 1.04 bits per heavy atom. The highest BCUT2D eigenvalue weighted by Gasteiger charge is 2.16. The number of halogens is 1. The molecule has 0 aromatic heterocycles. The van der Waals surface area contributed by atoms with Crippen LogP contribution in [0.15, 0.2) is 24.3 Å². The molecule has 23 heavy (non-hydrogen) atoms. The third kappa shape index (κ3) is 7.42. The molecule has 1 aromatic rings. The second-order valence-electron chi connectivity index (χ2n) is 5.98. The summed E-state index contributed by atoms with van der Waals surface area (Å²) in [5.41, 5.74) is 0. The van der Waals surface area contributed by atoms with Crippen LogP contribution >= 0.6 is 12.4 Å². The van der Waals surface area contributed by atoms with Gasteiger partial charge >= 0.3 is 0 Å². The predicted octanol–water partition coefficient (Wildman–Crippen LogP) is 3.35. The maximum atomic E-state index is 5.85. The van der Waals surface area contributed by atoms with Gasteiger partial charge in [-0.2, -0.15) is 0 Å². The molecule has 0 saturated carbocycles. The minimum absolute atomic E-state index is 0. The second-order valence-corrected chi connectivity index (χ2v) is 5.98. The Morgan fingerprint density at radius 3 is 2.35 bits per heavy atom. The van der Waals surface area contributed by atoms with Gasteiger partial charge in [0.2, 0.25) is 0 Å². The Hall–Kier alpha value is -0.970. The first-order chi connectivity index (χ1) is 10.8. The molecule has 132 valence electrons. The molecule has 1 aromatic carbocycles. The van der Waals surface area contributed by atoms with Crippen LogP contribution in [0.25, 0.3) is 0 Å². The molecule has 1 fully saturated rings. The minimum Gasteiger partial charge on any atom is -0.494 e. The van der Waals surface area contributed by atoms with Gasteiger partial charge in [-0.25, -0.2) is 0 Å². The van der Waals surface area contributed by atoms with Crippen LogP contribution in [-0.4, -0.2) is 50.8 Å². The molecular formula is C18H31ClN2O2. The van der Waals surface area contributed by atoms with Crippen LogP contribution in [-0.2, 0) is 0 Å². The average molecular weight is 343 g/mol. The van der Waals surface area contributed by atoms with Gasteiger partial charge in [0.1, 0.15) is 18.1 Å². The van der Waals surface area contributed by atoms with Crippen molar-refractivity contribution in [3.8, 4) is 11.5 Å². The normalized spacial score (nSPS) is 18.1. The summed E-state index contributed by atoms with van der Waals surface area (Å²) in [4.78, 5) is 2.44. The van der Waals surface area contributed by atoms with Crippen LogP contribution in [0.2, 0.25) is 0 Å². The number of rotatable bonds is 8. The largest absolute Gasteiger partial charge is 0.494 e. The summed E-state index contributed by atoms with van der Waals surface area (Å²) in [6.45, 7) is 6.87. The van der Waals surface area contributed by atoms with E-state index in [-0.39, 0.29) is 12.4 Å². The molecule has 4 nitrogen and oxygen atoms in total. The van der Waals surface area contributed by atoms with Gasteiger partial charge in [-0.15, -0.1) is 12.4 Å². The van der Waals surface area contributed by atoms with Crippen molar-refractivity contribution in [2.45, 2.75) is 38.6 Å². The van der Waals surface area contributed by atoms with Gasteiger partial charge in [0.25, 0.3) is 0 Å². The van der Waals surface area contributed by atoms with Gasteiger partial charge in [0, 0.05) is 12.6 Å². The lowest BCUT2D eigenvalue weighted by Gasteiger charge is -2.26. The van der Waals surface area contributed by atoms with E-state index in [0.717, 1.165) is 50.8 Å². The van der Waals surface area contributed by atoms with Crippen LogP contribution in [0.4, 0.5) is 0 Å². The lowest BCUT2D eigenvalue weighted by molar-refractivity contribution is 0.180. The summed E-state index contributed by atoms with van der Waals surface area (Å²) in [5, 5.41) is 3.46. The lowest BCUT2D eigenvalue weighted by atomic mass is 10.1. The van der Waals surface area contributed by atoms with E-state index >= 15 is 0 Å². The van der Waals surface area contributed by atoms with Crippen molar-refractivity contribution in [2.24, 2.45) is 0 Å². The van der Waals surface area contributed by atoms with Crippen molar-refractivity contribution in [3.05, 3.63) is 24.3 Å². The monoisotopic (exact) mass is 342 g/mol. The molecule has 1 N–H and O–H groups in total. The van der Waals surface area contributed by atoms with Crippen LogP contribution in [0.1, 0.15) is 32.6 Å². The smallest absolute Gasteiger partial charge is 0.119 e. The molecule has 1 saturated heterocycles. The zero-order valence-electron chi connectivity index (χ0n) is 14.4. The molecule has 0 bridgehead atoms. The molecule has 0 spiro atoms. The van der Waals surface area contributed by atoms with E-state index in [2.05, 4.69) is 24.2 Å². The summed E-state index contributed by atoms with van der Waals surface area (Å²) < 4.78 is 11.4. The maximum absolute atomic E-state index is 5.85. The quantitative estimate of drug-likeness (QED) is 0.785. The summed E-state index contributed by atoms with van der Waals surface area (Å²) >= 11 is 0. The van der Waals surface area contributed by atoms with Crippen molar-refractivity contribution in [1.82, 2.24) is 10.2 Å². The standard InChI is InChI=1S/C18H30N2O2.ClH/c1-3-14-21-17-6-8-18(9-7-17)22-15-13-20(2)16-5-4-11-19-12-10-16;/h6-9,16,19H,3-5,10-15H2,1-2H3;1H. The van der Waals surface area contributed by atoms with E-state index in [1.54, 1.807) is 0 Å². The number of benzene rings is 1. The minimum atomic E-state index is 0.